The van der Waals surface area contributed by atoms with Gasteiger partial charge in [0.1, 0.15) is 0 Å². The topological polar surface area (TPSA) is 65.5 Å². The number of nitrogens with one attached hydrogen (secondary N) is 3. The highest BCUT2D eigenvalue weighted by molar-refractivity contribution is 5.84. The lowest BCUT2D eigenvalue weighted by atomic mass is 9.92. The molecular formula is C19H32N4O. The highest BCUT2D eigenvalue weighted by Crippen LogP contribution is 2.14. The Morgan fingerprint density at radius 2 is 1.62 bits per heavy atom. The SMILES string of the molecule is CCNC(=O)C(C)(C)CNC(=NCc1ccccc1CC)NCC. The van der Waals surface area contributed by atoms with Crippen LogP contribution in [0, 0.1) is 5.41 Å². The van der Waals surface area contributed by atoms with Crippen molar-refractivity contribution in [1.82, 2.24) is 16.0 Å². The molecule has 0 saturated heterocycles. The van der Waals surface area contributed by atoms with Crippen LogP contribution in [0.5, 0.6) is 0 Å². The van der Waals surface area contributed by atoms with Gasteiger partial charge >= 0.3 is 0 Å². The Kier molecular flexibility index (Phi) is 8.30. The molecule has 3 N–H and O–H groups in total. The van der Waals surface area contributed by atoms with Crippen molar-refractivity contribution in [2.45, 2.75) is 47.6 Å². The molecule has 0 aliphatic heterocycles. The average Bonchev–Trinajstić information content (AvgIpc) is 2.57. The fraction of sp³-hybridized carbons (Fsp3) is 0.579. The summed E-state index contributed by atoms with van der Waals surface area (Å²) in [5.74, 6) is 0.783. The Labute approximate surface area is 146 Å². The van der Waals surface area contributed by atoms with E-state index in [4.69, 9.17) is 0 Å². The van der Waals surface area contributed by atoms with Gasteiger partial charge in [-0.2, -0.15) is 0 Å². The monoisotopic (exact) mass is 332 g/mol. The van der Waals surface area contributed by atoms with Crippen LogP contribution in [-0.2, 0) is 17.8 Å². The summed E-state index contributed by atoms with van der Waals surface area (Å²) in [5, 5.41) is 9.40. The second-order valence-electron chi connectivity index (χ2n) is 6.41. The van der Waals surface area contributed by atoms with Crippen LogP contribution in [0.4, 0.5) is 0 Å². The van der Waals surface area contributed by atoms with Crippen LogP contribution in [0.2, 0.25) is 0 Å². The van der Waals surface area contributed by atoms with Crippen molar-refractivity contribution in [1.29, 1.82) is 0 Å². The summed E-state index contributed by atoms with van der Waals surface area (Å²) >= 11 is 0. The molecule has 24 heavy (non-hydrogen) atoms. The summed E-state index contributed by atoms with van der Waals surface area (Å²) in [6, 6.07) is 8.36. The molecule has 1 rings (SSSR count). The molecule has 0 spiro atoms. The molecule has 0 bridgehead atoms. The lowest BCUT2D eigenvalue weighted by molar-refractivity contribution is -0.128. The van der Waals surface area contributed by atoms with Crippen LogP contribution in [0.1, 0.15) is 45.7 Å². The third kappa shape index (κ3) is 6.22. The molecule has 1 aromatic carbocycles. The lowest BCUT2D eigenvalue weighted by Crippen LogP contribution is -2.47. The van der Waals surface area contributed by atoms with Gasteiger partial charge in [0.2, 0.25) is 5.91 Å². The zero-order valence-corrected chi connectivity index (χ0v) is 15.7. The van der Waals surface area contributed by atoms with E-state index in [2.05, 4.69) is 46.1 Å². The van der Waals surface area contributed by atoms with E-state index in [9.17, 15) is 4.79 Å². The number of nitrogens with zero attached hydrogens (tertiary/aromatic N) is 1. The average molecular weight is 332 g/mol. The number of benzene rings is 1. The lowest BCUT2D eigenvalue weighted by Gasteiger charge is -2.24. The van der Waals surface area contributed by atoms with Crippen molar-refractivity contribution in [3.8, 4) is 0 Å². The number of carbonyl (C=O) groups excluding carboxylic acids is 1. The van der Waals surface area contributed by atoms with E-state index in [-0.39, 0.29) is 5.91 Å². The molecule has 134 valence electrons. The van der Waals surface area contributed by atoms with Crippen molar-refractivity contribution < 1.29 is 4.79 Å². The molecule has 0 aromatic heterocycles. The molecule has 0 aliphatic rings. The first-order valence-corrected chi connectivity index (χ1v) is 8.81. The normalized spacial score (nSPS) is 12.0. The first kappa shape index (κ1) is 20.0. The number of rotatable bonds is 8. The highest BCUT2D eigenvalue weighted by atomic mass is 16.2. The van der Waals surface area contributed by atoms with Crippen LogP contribution in [0.15, 0.2) is 29.3 Å². The van der Waals surface area contributed by atoms with Gasteiger partial charge in [0.05, 0.1) is 12.0 Å². The van der Waals surface area contributed by atoms with E-state index < -0.39 is 5.41 Å². The van der Waals surface area contributed by atoms with E-state index in [0.717, 1.165) is 18.9 Å². The molecule has 5 nitrogen and oxygen atoms in total. The van der Waals surface area contributed by atoms with Gasteiger partial charge in [-0.1, -0.05) is 31.2 Å². The van der Waals surface area contributed by atoms with Gasteiger partial charge in [-0.15, -0.1) is 0 Å². The zero-order chi connectivity index (χ0) is 18.0. The van der Waals surface area contributed by atoms with Gasteiger partial charge in [0.15, 0.2) is 5.96 Å². The van der Waals surface area contributed by atoms with Gasteiger partial charge in [-0.3, -0.25) is 4.79 Å². The molecule has 0 unspecified atom stereocenters. The maximum absolute atomic E-state index is 12.1. The summed E-state index contributed by atoms with van der Waals surface area (Å²) < 4.78 is 0. The fourth-order valence-electron chi connectivity index (χ4n) is 2.35. The second-order valence-corrected chi connectivity index (χ2v) is 6.41. The molecule has 0 atom stereocenters. The molecule has 0 aliphatic carbocycles. The first-order chi connectivity index (χ1) is 11.4. The molecule has 0 saturated carbocycles. The molecule has 0 fully saturated rings. The van der Waals surface area contributed by atoms with Gasteiger partial charge in [-0.05, 0) is 45.2 Å². The number of hydrogen-bond donors (Lipinski definition) is 3. The Hall–Kier alpha value is -2.04. The van der Waals surface area contributed by atoms with Crippen molar-refractivity contribution in [3.05, 3.63) is 35.4 Å². The largest absolute Gasteiger partial charge is 0.357 e. The smallest absolute Gasteiger partial charge is 0.227 e. The van der Waals surface area contributed by atoms with Crippen LogP contribution in [0.3, 0.4) is 0 Å². The Bertz CT molecular complexity index is 552. The standard InChI is InChI=1S/C19H32N4O/c1-6-15-11-9-10-12-16(15)13-22-18(21-8-3)23-14-19(4,5)17(24)20-7-2/h9-12H,6-8,13-14H2,1-5H3,(H,20,24)(H2,21,22,23). The summed E-state index contributed by atoms with van der Waals surface area (Å²) in [6.07, 6.45) is 1.000. The maximum atomic E-state index is 12.1. The third-order valence-electron chi connectivity index (χ3n) is 3.90. The number of amides is 1. The number of hydrogen-bond acceptors (Lipinski definition) is 2. The van der Waals surface area contributed by atoms with E-state index in [1.165, 1.54) is 11.1 Å². The quantitative estimate of drug-likeness (QED) is 0.506. The highest BCUT2D eigenvalue weighted by Gasteiger charge is 2.27. The number of guanidine groups is 1. The third-order valence-corrected chi connectivity index (χ3v) is 3.90. The summed E-state index contributed by atoms with van der Waals surface area (Å²) in [4.78, 5) is 16.8. The second kappa shape index (κ2) is 9.96. The van der Waals surface area contributed by atoms with Gasteiger partial charge in [0, 0.05) is 19.6 Å². The van der Waals surface area contributed by atoms with E-state index in [1.54, 1.807) is 0 Å². The van der Waals surface area contributed by atoms with Gasteiger partial charge in [-0.25, -0.2) is 4.99 Å². The predicted octanol–water partition coefficient (Wildman–Crippen LogP) is 2.47. The number of carbonyl (C=O) groups is 1. The maximum Gasteiger partial charge on any atom is 0.227 e. The predicted molar refractivity (Wildman–Crippen MR) is 101 cm³/mol. The van der Waals surface area contributed by atoms with Crippen LogP contribution in [0.25, 0.3) is 0 Å². The Morgan fingerprint density at radius 3 is 2.21 bits per heavy atom. The molecular weight excluding hydrogens is 300 g/mol. The molecule has 1 aromatic rings. The Morgan fingerprint density at radius 1 is 1.00 bits per heavy atom. The van der Waals surface area contributed by atoms with Crippen LogP contribution >= 0.6 is 0 Å². The minimum Gasteiger partial charge on any atom is -0.357 e. The van der Waals surface area contributed by atoms with Crippen molar-refractivity contribution >= 4 is 11.9 Å². The number of aryl methyl sites for hydroxylation is 1. The van der Waals surface area contributed by atoms with Gasteiger partial charge < -0.3 is 16.0 Å². The van der Waals surface area contributed by atoms with Gasteiger partial charge in [0.25, 0.3) is 0 Å². The fourth-order valence-corrected chi connectivity index (χ4v) is 2.35. The zero-order valence-electron chi connectivity index (χ0n) is 15.7. The summed E-state index contributed by atoms with van der Waals surface area (Å²) in [6.45, 7) is 12.6. The molecule has 0 radical (unpaired) electrons. The van der Waals surface area contributed by atoms with Crippen molar-refractivity contribution in [2.24, 2.45) is 10.4 Å². The van der Waals surface area contributed by atoms with E-state index in [0.29, 0.717) is 19.6 Å². The number of aliphatic imine (C=N–C) groups is 1. The van der Waals surface area contributed by atoms with Crippen molar-refractivity contribution in [3.63, 3.8) is 0 Å². The minimum absolute atomic E-state index is 0.0460. The van der Waals surface area contributed by atoms with Crippen LogP contribution < -0.4 is 16.0 Å². The minimum atomic E-state index is -0.493. The first-order valence-electron chi connectivity index (χ1n) is 8.81. The molecule has 5 heteroatoms. The van der Waals surface area contributed by atoms with Crippen molar-refractivity contribution in [2.75, 3.05) is 19.6 Å². The molecule has 1 amide bonds. The summed E-state index contributed by atoms with van der Waals surface area (Å²) in [7, 11) is 0. The summed E-state index contributed by atoms with van der Waals surface area (Å²) in [5.41, 5.74) is 2.06. The van der Waals surface area contributed by atoms with E-state index >= 15 is 0 Å². The Balaban J connectivity index is 2.74. The molecule has 0 heterocycles. The van der Waals surface area contributed by atoms with E-state index in [1.807, 2.05) is 33.8 Å². The van der Waals surface area contributed by atoms with Crippen LogP contribution in [-0.4, -0.2) is 31.5 Å².